The van der Waals surface area contributed by atoms with Gasteiger partial charge in [0.1, 0.15) is 0 Å². The maximum Gasteiger partial charge on any atom is 0.218 e. The van der Waals surface area contributed by atoms with Gasteiger partial charge in [0.15, 0.2) is 0 Å². The molecule has 0 radical (unpaired) electrons. The molecule has 0 aliphatic carbocycles. The summed E-state index contributed by atoms with van der Waals surface area (Å²) in [5.41, 5.74) is 1.12. The molecular weight excluding hydrogens is 226 g/mol. The van der Waals surface area contributed by atoms with Crippen LogP contribution in [-0.4, -0.2) is 43.2 Å². The van der Waals surface area contributed by atoms with Gasteiger partial charge in [0.2, 0.25) is 5.88 Å². The number of ether oxygens (including phenoxy) is 1. The van der Waals surface area contributed by atoms with Gasteiger partial charge in [-0.15, -0.1) is 0 Å². The van der Waals surface area contributed by atoms with Gasteiger partial charge in [-0.1, -0.05) is 6.07 Å². The van der Waals surface area contributed by atoms with E-state index in [1.165, 1.54) is 0 Å². The van der Waals surface area contributed by atoms with Crippen LogP contribution in [0.2, 0.25) is 0 Å². The minimum Gasteiger partial charge on any atom is -0.475 e. The summed E-state index contributed by atoms with van der Waals surface area (Å²) in [5.74, 6) is 0.743. The number of hydrogen-bond acceptors (Lipinski definition) is 4. The molecule has 102 valence electrons. The van der Waals surface area contributed by atoms with Crippen molar-refractivity contribution in [2.45, 2.75) is 32.9 Å². The highest BCUT2D eigenvalue weighted by atomic mass is 16.5. The van der Waals surface area contributed by atoms with E-state index in [4.69, 9.17) is 4.74 Å². The zero-order valence-electron chi connectivity index (χ0n) is 11.9. The van der Waals surface area contributed by atoms with Crippen molar-refractivity contribution in [2.75, 3.05) is 27.2 Å². The average molecular weight is 251 g/mol. The third-order valence-electron chi connectivity index (χ3n) is 2.47. The Hall–Kier alpha value is -1.13. The lowest BCUT2D eigenvalue weighted by Gasteiger charge is -2.14. The molecule has 4 heteroatoms. The predicted molar refractivity (Wildman–Crippen MR) is 74.9 cm³/mol. The van der Waals surface area contributed by atoms with Crippen LogP contribution < -0.4 is 10.1 Å². The highest BCUT2D eigenvalue weighted by molar-refractivity contribution is 5.25. The Bertz CT molecular complexity index is 340. The molecule has 18 heavy (non-hydrogen) atoms. The Morgan fingerprint density at radius 3 is 2.83 bits per heavy atom. The second-order valence-electron chi connectivity index (χ2n) is 4.97. The normalized spacial score (nSPS) is 11.2. The number of nitrogens with zero attached hydrogens (tertiary/aromatic N) is 2. The minimum absolute atomic E-state index is 0.160. The van der Waals surface area contributed by atoms with E-state index in [0.29, 0.717) is 0 Å². The van der Waals surface area contributed by atoms with Crippen molar-refractivity contribution in [1.82, 2.24) is 15.2 Å². The minimum atomic E-state index is 0.160. The summed E-state index contributed by atoms with van der Waals surface area (Å²) in [6.45, 7) is 6.96. The first-order chi connectivity index (χ1) is 8.59. The molecular formula is C14H25N3O. The van der Waals surface area contributed by atoms with Crippen molar-refractivity contribution in [1.29, 1.82) is 0 Å². The maximum absolute atomic E-state index is 5.68. The van der Waals surface area contributed by atoms with Gasteiger partial charge < -0.3 is 15.0 Å². The number of pyridine rings is 1. The molecule has 0 aliphatic heterocycles. The van der Waals surface area contributed by atoms with Gasteiger partial charge in [-0.3, -0.25) is 0 Å². The van der Waals surface area contributed by atoms with Crippen LogP contribution in [-0.2, 0) is 6.54 Å². The summed E-state index contributed by atoms with van der Waals surface area (Å²) in [6.07, 6.45) is 3.08. The van der Waals surface area contributed by atoms with Gasteiger partial charge in [0.05, 0.1) is 6.10 Å². The van der Waals surface area contributed by atoms with E-state index in [1.807, 2.05) is 19.9 Å². The molecule has 0 saturated heterocycles. The fourth-order valence-corrected chi connectivity index (χ4v) is 1.63. The molecule has 0 bridgehead atoms. The molecule has 0 amide bonds. The molecule has 0 fully saturated rings. The van der Waals surface area contributed by atoms with Gasteiger partial charge in [-0.2, -0.15) is 0 Å². The molecule has 1 aromatic rings. The Morgan fingerprint density at radius 1 is 1.39 bits per heavy atom. The Morgan fingerprint density at radius 2 is 2.17 bits per heavy atom. The van der Waals surface area contributed by atoms with Gasteiger partial charge in [-0.05, 0) is 53.5 Å². The zero-order chi connectivity index (χ0) is 13.4. The van der Waals surface area contributed by atoms with Crippen molar-refractivity contribution < 1.29 is 4.74 Å². The predicted octanol–water partition coefficient (Wildman–Crippen LogP) is 1.91. The van der Waals surface area contributed by atoms with Crippen molar-refractivity contribution in [3.63, 3.8) is 0 Å². The van der Waals surface area contributed by atoms with E-state index in [-0.39, 0.29) is 6.10 Å². The summed E-state index contributed by atoms with van der Waals surface area (Å²) in [6, 6.07) is 4.01. The third-order valence-corrected chi connectivity index (χ3v) is 2.47. The molecule has 0 spiro atoms. The first-order valence-corrected chi connectivity index (χ1v) is 6.55. The van der Waals surface area contributed by atoms with Crippen LogP contribution in [0.1, 0.15) is 25.8 Å². The highest BCUT2D eigenvalue weighted by Crippen LogP contribution is 2.15. The molecule has 0 saturated carbocycles. The first-order valence-electron chi connectivity index (χ1n) is 6.55. The van der Waals surface area contributed by atoms with E-state index < -0.39 is 0 Å². The summed E-state index contributed by atoms with van der Waals surface area (Å²) in [5, 5.41) is 3.42. The molecule has 1 heterocycles. The maximum atomic E-state index is 5.68. The second kappa shape index (κ2) is 8.06. The number of aromatic nitrogens is 1. The van der Waals surface area contributed by atoms with Crippen LogP contribution in [0.4, 0.5) is 0 Å². The first kappa shape index (κ1) is 14.9. The Balaban J connectivity index is 2.37. The summed E-state index contributed by atoms with van der Waals surface area (Å²) in [7, 11) is 4.19. The molecule has 1 aromatic heterocycles. The molecule has 1 rings (SSSR count). The molecule has 0 atom stereocenters. The molecule has 4 nitrogen and oxygen atoms in total. The topological polar surface area (TPSA) is 37.4 Å². The van der Waals surface area contributed by atoms with Crippen molar-refractivity contribution in [3.05, 3.63) is 23.9 Å². The lowest BCUT2D eigenvalue weighted by molar-refractivity contribution is 0.229. The van der Waals surface area contributed by atoms with E-state index in [2.05, 4.69) is 35.4 Å². The quantitative estimate of drug-likeness (QED) is 0.716. The average Bonchev–Trinajstić information content (AvgIpc) is 2.29. The van der Waals surface area contributed by atoms with Crippen molar-refractivity contribution in [3.8, 4) is 5.88 Å². The number of nitrogens with one attached hydrogen (secondary N) is 1. The van der Waals surface area contributed by atoms with Crippen molar-refractivity contribution in [2.24, 2.45) is 0 Å². The summed E-state index contributed by atoms with van der Waals surface area (Å²) >= 11 is 0. The molecule has 1 N–H and O–H groups in total. The van der Waals surface area contributed by atoms with E-state index in [0.717, 1.165) is 37.5 Å². The van der Waals surface area contributed by atoms with Crippen LogP contribution in [0.15, 0.2) is 18.3 Å². The highest BCUT2D eigenvalue weighted by Gasteiger charge is 2.05. The summed E-state index contributed by atoms with van der Waals surface area (Å²) in [4.78, 5) is 6.47. The largest absolute Gasteiger partial charge is 0.475 e. The Kier molecular flexibility index (Phi) is 6.68. The lowest BCUT2D eigenvalue weighted by atomic mass is 10.2. The SMILES string of the molecule is CC(C)Oc1ncccc1CNCCCN(C)C. The van der Waals surface area contributed by atoms with Crippen LogP contribution in [0.5, 0.6) is 5.88 Å². The standard InChI is InChI=1S/C14H25N3O/c1-12(2)18-14-13(7-5-9-16-14)11-15-8-6-10-17(3)4/h5,7,9,12,15H,6,8,10-11H2,1-4H3. The third kappa shape index (κ3) is 5.98. The van der Waals surface area contributed by atoms with E-state index in [9.17, 15) is 0 Å². The fraction of sp³-hybridized carbons (Fsp3) is 0.643. The lowest BCUT2D eigenvalue weighted by Crippen LogP contribution is -2.21. The molecule has 0 aromatic carbocycles. The van der Waals surface area contributed by atoms with Gasteiger partial charge in [0, 0.05) is 18.3 Å². The van der Waals surface area contributed by atoms with Crippen molar-refractivity contribution >= 4 is 0 Å². The smallest absolute Gasteiger partial charge is 0.218 e. The fourth-order valence-electron chi connectivity index (χ4n) is 1.63. The Labute approximate surface area is 110 Å². The zero-order valence-corrected chi connectivity index (χ0v) is 11.9. The van der Waals surface area contributed by atoms with E-state index >= 15 is 0 Å². The summed E-state index contributed by atoms with van der Waals surface area (Å²) < 4.78 is 5.68. The van der Waals surface area contributed by atoms with E-state index in [1.54, 1.807) is 6.20 Å². The number of rotatable bonds is 8. The van der Waals surface area contributed by atoms with Gasteiger partial charge in [-0.25, -0.2) is 4.98 Å². The van der Waals surface area contributed by atoms with Crippen LogP contribution in [0.3, 0.4) is 0 Å². The monoisotopic (exact) mass is 251 g/mol. The van der Waals surface area contributed by atoms with Crippen LogP contribution >= 0.6 is 0 Å². The van der Waals surface area contributed by atoms with Crippen LogP contribution in [0.25, 0.3) is 0 Å². The molecule has 0 aliphatic rings. The van der Waals surface area contributed by atoms with Gasteiger partial charge in [0.25, 0.3) is 0 Å². The molecule has 0 unspecified atom stereocenters. The van der Waals surface area contributed by atoms with Crippen LogP contribution in [0, 0.1) is 0 Å². The number of hydrogen-bond donors (Lipinski definition) is 1. The second-order valence-corrected chi connectivity index (χ2v) is 4.97. The van der Waals surface area contributed by atoms with Gasteiger partial charge >= 0.3 is 0 Å².